The zero-order valence-electron chi connectivity index (χ0n) is 9.88. The molecule has 0 aliphatic carbocycles. The summed E-state index contributed by atoms with van der Waals surface area (Å²) in [5.74, 6) is -9.77. The van der Waals surface area contributed by atoms with Gasteiger partial charge >= 0.3 is 0 Å². The van der Waals surface area contributed by atoms with Crippen molar-refractivity contribution in [3.63, 3.8) is 0 Å². The van der Waals surface area contributed by atoms with Crippen molar-refractivity contribution in [3.8, 4) is 0 Å². The van der Waals surface area contributed by atoms with Gasteiger partial charge in [-0.15, -0.1) is 0 Å². The minimum atomic E-state index is -2.15. The lowest BCUT2D eigenvalue weighted by Crippen LogP contribution is -2.24. The van der Waals surface area contributed by atoms with Gasteiger partial charge in [0.25, 0.3) is 0 Å². The van der Waals surface area contributed by atoms with Crippen LogP contribution in [0.1, 0.15) is 6.92 Å². The van der Waals surface area contributed by atoms with E-state index in [1.807, 2.05) is 0 Å². The van der Waals surface area contributed by atoms with Gasteiger partial charge in [0.2, 0.25) is 5.82 Å². The Morgan fingerprint density at radius 3 is 1.72 bits per heavy atom. The molecule has 1 aromatic rings. The van der Waals surface area contributed by atoms with Crippen molar-refractivity contribution in [3.05, 3.63) is 29.1 Å². The summed E-state index contributed by atoms with van der Waals surface area (Å²) < 4.78 is 65.0. The van der Waals surface area contributed by atoms with E-state index in [4.69, 9.17) is 0 Å². The van der Waals surface area contributed by atoms with Crippen molar-refractivity contribution in [2.45, 2.75) is 6.92 Å². The minimum Gasteiger partial charge on any atom is -0.380 e. The highest BCUT2D eigenvalue weighted by Crippen LogP contribution is 2.27. The van der Waals surface area contributed by atoms with E-state index >= 15 is 0 Å². The molecule has 0 aliphatic rings. The summed E-state index contributed by atoms with van der Waals surface area (Å²) >= 11 is 0. The standard InChI is InChI=1S/C11H13F5N2/c1-5(3-17-2)4-18-11-9(15)7(13)6(12)8(14)10(11)16/h5,17-18H,3-4H2,1-2H3. The Morgan fingerprint density at radius 1 is 0.833 bits per heavy atom. The molecule has 0 saturated carbocycles. The maximum Gasteiger partial charge on any atom is 0.200 e. The molecule has 0 saturated heterocycles. The summed E-state index contributed by atoms with van der Waals surface area (Å²) in [5, 5.41) is 5.07. The van der Waals surface area contributed by atoms with Crippen LogP contribution in [0.3, 0.4) is 0 Å². The van der Waals surface area contributed by atoms with E-state index in [0.717, 1.165) is 0 Å². The van der Waals surface area contributed by atoms with Crippen molar-refractivity contribution in [1.29, 1.82) is 0 Å². The summed E-state index contributed by atoms with van der Waals surface area (Å²) in [5.41, 5.74) is -0.991. The first kappa shape index (κ1) is 14.7. The Morgan fingerprint density at radius 2 is 1.28 bits per heavy atom. The lowest BCUT2D eigenvalue weighted by molar-refractivity contribution is 0.381. The van der Waals surface area contributed by atoms with Crippen LogP contribution in [0.25, 0.3) is 0 Å². The third-order valence-electron chi connectivity index (χ3n) is 2.39. The molecule has 0 bridgehead atoms. The van der Waals surface area contributed by atoms with E-state index in [1.54, 1.807) is 14.0 Å². The van der Waals surface area contributed by atoms with Gasteiger partial charge in [-0.05, 0) is 19.5 Å². The lowest BCUT2D eigenvalue weighted by Gasteiger charge is -2.14. The predicted molar refractivity (Wildman–Crippen MR) is 57.8 cm³/mol. The van der Waals surface area contributed by atoms with Gasteiger partial charge in [-0.25, -0.2) is 22.0 Å². The molecule has 0 radical (unpaired) electrons. The van der Waals surface area contributed by atoms with Crippen molar-refractivity contribution in [1.82, 2.24) is 5.32 Å². The molecule has 1 rings (SSSR count). The number of nitrogens with one attached hydrogen (secondary N) is 2. The second-order valence-electron chi connectivity index (χ2n) is 3.99. The van der Waals surface area contributed by atoms with Crippen LogP contribution >= 0.6 is 0 Å². The molecule has 0 heterocycles. The quantitative estimate of drug-likeness (QED) is 0.487. The van der Waals surface area contributed by atoms with Crippen LogP contribution in [0.2, 0.25) is 0 Å². The first-order chi connectivity index (χ1) is 8.40. The Kier molecular flexibility index (Phi) is 4.89. The molecule has 7 heteroatoms. The Labute approximate surface area is 101 Å². The maximum absolute atomic E-state index is 13.2. The third kappa shape index (κ3) is 2.90. The van der Waals surface area contributed by atoms with Gasteiger partial charge < -0.3 is 10.6 Å². The van der Waals surface area contributed by atoms with Gasteiger partial charge in [0.15, 0.2) is 23.3 Å². The zero-order valence-corrected chi connectivity index (χ0v) is 9.88. The molecular weight excluding hydrogens is 255 g/mol. The molecule has 0 amide bonds. The highest BCUT2D eigenvalue weighted by Gasteiger charge is 2.25. The van der Waals surface area contributed by atoms with Gasteiger partial charge in [-0.2, -0.15) is 0 Å². The van der Waals surface area contributed by atoms with Crippen molar-refractivity contribution in [2.75, 3.05) is 25.5 Å². The first-order valence-electron chi connectivity index (χ1n) is 5.30. The summed E-state index contributed by atoms with van der Waals surface area (Å²) in [4.78, 5) is 0. The second-order valence-corrected chi connectivity index (χ2v) is 3.99. The topological polar surface area (TPSA) is 24.1 Å². The number of anilines is 1. The largest absolute Gasteiger partial charge is 0.380 e. The third-order valence-corrected chi connectivity index (χ3v) is 2.39. The maximum atomic E-state index is 13.2. The molecule has 0 spiro atoms. The normalized spacial score (nSPS) is 12.6. The van der Waals surface area contributed by atoms with E-state index < -0.39 is 34.8 Å². The van der Waals surface area contributed by atoms with Crippen LogP contribution in [-0.4, -0.2) is 20.1 Å². The van der Waals surface area contributed by atoms with Gasteiger partial charge in [0.1, 0.15) is 5.69 Å². The fraction of sp³-hybridized carbons (Fsp3) is 0.455. The van der Waals surface area contributed by atoms with Gasteiger partial charge in [0.05, 0.1) is 0 Å². The number of benzene rings is 1. The van der Waals surface area contributed by atoms with Gasteiger partial charge in [0, 0.05) is 6.54 Å². The first-order valence-corrected chi connectivity index (χ1v) is 5.30. The molecule has 1 unspecified atom stereocenters. The minimum absolute atomic E-state index is 0.0371. The zero-order chi connectivity index (χ0) is 13.9. The fourth-order valence-electron chi connectivity index (χ4n) is 1.46. The molecule has 0 aromatic heterocycles. The molecule has 0 aliphatic heterocycles. The van der Waals surface area contributed by atoms with Crippen LogP contribution in [0, 0.1) is 35.0 Å². The number of rotatable bonds is 5. The van der Waals surface area contributed by atoms with Crippen LogP contribution in [0.4, 0.5) is 27.6 Å². The van der Waals surface area contributed by atoms with Crippen LogP contribution in [-0.2, 0) is 0 Å². The Bertz CT molecular complexity index is 407. The molecule has 0 fully saturated rings. The van der Waals surface area contributed by atoms with Gasteiger partial charge in [-0.3, -0.25) is 0 Å². The second kappa shape index (κ2) is 5.99. The van der Waals surface area contributed by atoms with Crippen molar-refractivity contribution < 1.29 is 22.0 Å². The van der Waals surface area contributed by atoms with Gasteiger partial charge in [-0.1, -0.05) is 6.92 Å². The van der Waals surface area contributed by atoms with E-state index in [0.29, 0.717) is 6.54 Å². The van der Waals surface area contributed by atoms with E-state index in [1.165, 1.54) is 0 Å². The smallest absolute Gasteiger partial charge is 0.200 e. The van der Waals surface area contributed by atoms with E-state index in [2.05, 4.69) is 10.6 Å². The average Bonchev–Trinajstić information content (AvgIpc) is 2.34. The van der Waals surface area contributed by atoms with E-state index in [-0.39, 0.29) is 12.5 Å². The Hall–Kier alpha value is -1.37. The SMILES string of the molecule is CNCC(C)CNc1c(F)c(F)c(F)c(F)c1F. The summed E-state index contributed by atoms with van der Waals surface area (Å²) in [7, 11) is 1.69. The van der Waals surface area contributed by atoms with Crippen molar-refractivity contribution >= 4 is 5.69 Å². The monoisotopic (exact) mass is 268 g/mol. The molecule has 2 nitrogen and oxygen atoms in total. The average molecular weight is 268 g/mol. The predicted octanol–water partition coefficient (Wildman–Crippen LogP) is 2.65. The molecular formula is C11H13F5N2. The summed E-state index contributed by atoms with van der Waals surface area (Å²) in [6.07, 6.45) is 0. The summed E-state index contributed by atoms with van der Waals surface area (Å²) in [6.45, 7) is 2.39. The molecule has 102 valence electrons. The highest BCUT2D eigenvalue weighted by atomic mass is 19.2. The molecule has 1 aromatic carbocycles. The van der Waals surface area contributed by atoms with Crippen LogP contribution in [0.5, 0.6) is 0 Å². The highest BCUT2D eigenvalue weighted by molar-refractivity contribution is 5.47. The van der Waals surface area contributed by atoms with E-state index in [9.17, 15) is 22.0 Å². The number of hydrogen-bond donors (Lipinski definition) is 2. The fourth-order valence-corrected chi connectivity index (χ4v) is 1.46. The van der Waals surface area contributed by atoms with Crippen LogP contribution in [0.15, 0.2) is 0 Å². The Balaban J connectivity index is 2.96. The molecule has 18 heavy (non-hydrogen) atoms. The lowest BCUT2D eigenvalue weighted by atomic mass is 10.1. The molecule has 2 N–H and O–H groups in total. The summed E-state index contributed by atoms with van der Waals surface area (Å²) in [6, 6.07) is 0. The number of halogens is 5. The van der Waals surface area contributed by atoms with Crippen LogP contribution < -0.4 is 10.6 Å². The van der Waals surface area contributed by atoms with Crippen molar-refractivity contribution in [2.24, 2.45) is 5.92 Å². The number of hydrogen-bond acceptors (Lipinski definition) is 2. The molecule has 1 atom stereocenters.